The van der Waals surface area contributed by atoms with Gasteiger partial charge >= 0.3 is 0 Å². The van der Waals surface area contributed by atoms with E-state index in [2.05, 4.69) is 58.4 Å². The molecule has 0 spiro atoms. The Morgan fingerprint density at radius 1 is 1.17 bits per heavy atom. The quantitative estimate of drug-likeness (QED) is 0.821. The zero-order valence-corrected chi connectivity index (χ0v) is 12.7. The van der Waals surface area contributed by atoms with E-state index < -0.39 is 0 Å². The molecule has 0 aliphatic heterocycles. The summed E-state index contributed by atoms with van der Waals surface area (Å²) in [6, 6.07) is 16.9. The van der Waals surface area contributed by atoms with Gasteiger partial charge in [-0.05, 0) is 30.2 Å². The molecule has 2 aromatic carbocycles. The van der Waals surface area contributed by atoms with E-state index in [4.69, 9.17) is 5.73 Å². The Labute approximate surface area is 121 Å². The van der Waals surface area contributed by atoms with Crippen molar-refractivity contribution in [3.63, 3.8) is 0 Å². The molecule has 0 bridgehead atoms. The van der Waals surface area contributed by atoms with Crippen LogP contribution in [0.4, 0.5) is 0 Å². The molecule has 2 aromatic rings. The van der Waals surface area contributed by atoms with Crippen molar-refractivity contribution >= 4 is 27.7 Å². The van der Waals surface area contributed by atoms with Gasteiger partial charge in [-0.3, -0.25) is 0 Å². The highest BCUT2D eigenvalue weighted by molar-refractivity contribution is 9.10. The molecule has 1 nitrogen and oxygen atoms in total. The zero-order chi connectivity index (χ0) is 13.0. The van der Waals surface area contributed by atoms with Crippen LogP contribution in [-0.2, 0) is 5.75 Å². The molecule has 0 aliphatic rings. The fourth-order valence-electron chi connectivity index (χ4n) is 1.71. The molecular formula is C15H16BrNS. The summed E-state index contributed by atoms with van der Waals surface area (Å²) in [7, 11) is 0. The summed E-state index contributed by atoms with van der Waals surface area (Å²) in [6.45, 7) is 2.00. The molecule has 2 rings (SSSR count). The summed E-state index contributed by atoms with van der Waals surface area (Å²) >= 11 is 5.42. The molecule has 1 atom stereocenters. The molecule has 0 amide bonds. The second kappa shape index (κ2) is 6.41. The standard InChI is InChI=1S/C15H16BrNS/c1-11(17)14-8-7-13(9-15(14)16)18-10-12-5-3-2-4-6-12/h2-9,11H,10,17H2,1H3. The van der Waals surface area contributed by atoms with Crippen molar-refractivity contribution in [2.24, 2.45) is 5.73 Å². The molecule has 18 heavy (non-hydrogen) atoms. The van der Waals surface area contributed by atoms with Crippen molar-refractivity contribution in [1.29, 1.82) is 0 Å². The zero-order valence-electron chi connectivity index (χ0n) is 10.3. The summed E-state index contributed by atoms with van der Waals surface area (Å²) in [5.74, 6) is 0.991. The lowest BCUT2D eigenvalue weighted by atomic mass is 10.1. The van der Waals surface area contributed by atoms with E-state index in [1.807, 2.05) is 24.8 Å². The van der Waals surface area contributed by atoms with Crippen LogP contribution in [0.5, 0.6) is 0 Å². The average molecular weight is 322 g/mol. The fourth-order valence-corrected chi connectivity index (χ4v) is 3.49. The predicted molar refractivity (Wildman–Crippen MR) is 82.7 cm³/mol. The van der Waals surface area contributed by atoms with E-state index in [1.165, 1.54) is 10.5 Å². The molecule has 94 valence electrons. The van der Waals surface area contributed by atoms with Crippen molar-refractivity contribution in [3.05, 3.63) is 64.1 Å². The molecule has 0 aromatic heterocycles. The Morgan fingerprint density at radius 3 is 2.50 bits per heavy atom. The first-order chi connectivity index (χ1) is 8.66. The van der Waals surface area contributed by atoms with Gasteiger partial charge in [0.15, 0.2) is 0 Å². The van der Waals surface area contributed by atoms with Crippen LogP contribution in [0.1, 0.15) is 24.1 Å². The molecule has 0 saturated heterocycles. The van der Waals surface area contributed by atoms with Gasteiger partial charge in [0.05, 0.1) is 0 Å². The third kappa shape index (κ3) is 3.61. The Balaban J connectivity index is 2.05. The number of halogens is 1. The molecule has 0 heterocycles. The van der Waals surface area contributed by atoms with Crippen molar-refractivity contribution in [2.45, 2.75) is 23.6 Å². The number of rotatable bonds is 4. The van der Waals surface area contributed by atoms with Crippen LogP contribution in [0.3, 0.4) is 0 Å². The monoisotopic (exact) mass is 321 g/mol. The maximum Gasteiger partial charge on any atom is 0.0277 e. The van der Waals surface area contributed by atoms with E-state index in [1.54, 1.807) is 0 Å². The maximum atomic E-state index is 5.89. The van der Waals surface area contributed by atoms with Gasteiger partial charge in [0.25, 0.3) is 0 Å². The van der Waals surface area contributed by atoms with Gasteiger partial charge in [-0.2, -0.15) is 0 Å². The molecular weight excluding hydrogens is 306 g/mol. The minimum atomic E-state index is 0.0625. The fraction of sp³-hybridized carbons (Fsp3) is 0.200. The van der Waals surface area contributed by atoms with Crippen LogP contribution in [0.25, 0.3) is 0 Å². The van der Waals surface area contributed by atoms with Gasteiger partial charge in [0.2, 0.25) is 0 Å². The molecule has 0 saturated carbocycles. The predicted octanol–water partition coefficient (Wildman–Crippen LogP) is 4.76. The van der Waals surface area contributed by atoms with Crippen LogP contribution in [0.15, 0.2) is 57.9 Å². The van der Waals surface area contributed by atoms with Crippen LogP contribution >= 0.6 is 27.7 Å². The second-order valence-corrected chi connectivity index (χ2v) is 6.15. The molecule has 0 radical (unpaired) electrons. The Hall–Kier alpha value is -0.770. The highest BCUT2D eigenvalue weighted by atomic mass is 79.9. The number of thioether (sulfide) groups is 1. The molecule has 2 N–H and O–H groups in total. The lowest BCUT2D eigenvalue weighted by Gasteiger charge is -2.10. The average Bonchev–Trinajstić information content (AvgIpc) is 2.37. The molecule has 3 heteroatoms. The van der Waals surface area contributed by atoms with E-state index in [0.717, 1.165) is 15.8 Å². The Morgan fingerprint density at radius 2 is 1.89 bits per heavy atom. The molecule has 0 fully saturated rings. The summed E-state index contributed by atoms with van der Waals surface area (Å²) in [5.41, 5.74) is 8.39. The van der Waals surface area contributed by atoms with Gasteiger partial charge < -0.3 is 5.73 Å². The lowest BCUT2D eigenvalue weighted by Crippen LogP contribution is -2.05. The minimum absolute atomic E-state index is 0.0625. The van der Waals surface area contributed by atoms with Crippen molar-refractivity contribution in [3.8, 4) is 0 Å². The number of benzene rings is 2. The van der Waals surface area contributed by atoms with Gasteiger partial charge in [-0.15, -0.1) is 11.8 Å². The van der Waals surface area contributed by atoms with E-state index in [9.17, 15) is 0 Å². The summed E-state index contributed by atoms with van der Waals surface area (Å²) < 4.78 is 1.09. The van der Waals surface area contributed by atoms with Crippen molar-refractivity contribution < 1.29 is 0 Å². The van der Waals surface area contributed by atoms with Gasteiger partial charge in [0, 0.05) is 21.2 Å². The number of nitrogens with two attached hydrogens (primary N) is 1. The van der Waals surface area contributed by atoms with Crippen LogP contribution in [0.2, 0.25) is 0 Å². The maximum absolute atomic E-state index is 5.89. The van der Waals surface area contributed by atoms with Gasteiger partial charge in [-0.1, -0.05) is 52.3 Å². The SMILES string of the molecule is CC(N)c1ccc(SCc2ccccc2)cc1Br. The van der Waals surface area contributed by atoms with Crippen LogP contribution in [-0.4, -0.2) is 0 Å². The summed E-state index contributed by atoms with van der Waals surface area (Å²) in [4.78, 5) is 1.26. The summed E-state index contributed by atoms with van der Waals surface area (Å²) in [6.07, 6.45) is 0. The van der Waals surface area contributed by atoms with E-state index in [0.29, 0.717) is 0 Å². The molecule has 1 unspecified atom stereocenters. The highest BCUT2D eigenvalue weighted by Gasteiger charge is 2.06. The number of hydrogen-bond acceptors (Lipinski definition) is 2. The first kappa shape index (κ1) is 13.7. The van der Waals surface area contributed by atoms with E-state index in [-0.39, 0.29) is 6.04 Å². The Kier molecular flexibility index (Phi) is 4.87. The van der Waals surface area contributed by atoms with Crippen LogP contribution < -0.4 is 5.73 Å². The smallest absolute Gasteiger partial charge is 0.0277 e. The van der Waals surface area contributed by atoms with Gasteiger partial charge in [-0.25, -0.2) is 0 Å². The second-order valence-electron chi connectivity index (χ2n) is 4.25. The normalized spacial score (nSPS) is 12.4. The summed E-state index contributed by atoms with van der Waals surface area (Å²) in [5, 5.41) is 0. The minimum Gasteiger partial charge on any atom is -0.324 e. The van der Waals surface area contributed by atoms with Gasteiger partial charge in [0.1, 0.15) is 0 Å². The topological polar surface area (TPSA) is 26.0 Å². The third-order valence-corrected chi connectivity index (χ3v) is 4.46. The van der Waals surface area contributed by atoms with E-state index >= 15 is 0 Å². The third-order valence-electron chi connectivity index (χ3n) is 2.71. The largest absolute Gasteiger partial charge is 0.324 e. The first-order valence-corrected chi connectivity index (χ1v) is 7.66. The molecule has 0 aliphatic carbocycles. The highest BCUT2D eigenvalue weighted by Crippen LogP contribution is 2.29. The van der Waals surface area contributed by atoms with Crippen LogP contribution in [0, 0.1) is 0 Å². The first-order valence-electron chi connectivity index (χ1n) is 5.88. The van der Waals surface area contributed by atoms with Crippen molar-refractivity contribution in [2.75, 3.05) is 0 Å². The number of hydrogen-bond donors (Lipinski definition) is 1. The lowest BCUT2D eigenvalue weighted by molar-refractivity contribution is 0.811. The van der Waals surface area contributed by atoms with Crippen molar-refractivity contribution in [1.82, 2.24) is 0 Å². The Bertz CT molecular complexity index is 511.